The van der Waals surface area contributed by atoms with Gasteiger partial charge in [-0.25, -0.2) is 4.79 Å². The molecule has 1 atom stereocenters. The van der Waals surface area contributed by atoms with Crippen molar-refractivity contribution in [1.29, 1.82) is 0 Å². The second kappa shape index (κ2) is 7.15. The highest BCUT2D eigenvalue weighted by Crippen LogP contribution is 1.98. The molecule has 0 radical (unpaired) electrons. The van der Waals surface area contributed by atoms with Gasteiger partial charge in [0.05, 0.1) is 13.7 Å². The first-order chi connectivity index (χ1) is 9.04. The quantitative estimate of drug-likeness (QED) is 0.465. The van der Waals surface area contributed by atoms with E-state index in [1.807, 2.05) is 6.07 Å². The van der Waals surface area contributed by atoms with E-state index in [4.69, 9.17) is 5.73 Å². The Morgan fingerprint density at radius 1 is 1.37 bits per heavy atom. The van der Waals surface area contributed by atoms with E-state index in [1.165, 1.54) is 7.11 Å². The number of amides is 1. The molecule has 19 heavy (non-hydrogen) atoms. The van der Waals surface area contributed by atoms with Crippen LogP contribution in [0.2, 0.25) is 0 Å². The molecule has 0 heterocycles. The molecule has 6 heteroatoms. The van der Waals surface area contributed by atoms with Gasteiger partial charge in [0.2, 0.25) is 5.84 Å². The second-order valence-corrected chi connectivity index (χ2v) is 3.96. The third-order valence-corrected chi connectivity index (χ3v) is 2.34. The summed E-state index contributed by atoms with van der Waals surface area (Å²) >= 11 is 0. The molecule has 1 unspecified atom stereocenters. The predicted molar refractivity (Wildman–Crippen MR) is 71.9 cm³/mol. The molecule has 1 rings (SSSR count). The number of nitrogens with one attached hydrogen (secondary N) is 1. The van der Waals surface area contributed by atoms with E-state index in [9.17, 15) is 9.59 Å². The SMILES string of the molecule is COC(=O)C(N)=NCC(C)NC(=O)c1ccccc1. The number of ether oxygens (including phenoxy) is 1. The molecule has 0 spiro atoms. The smallest absolute Gasteiger partial charge is 0.373 e. The molecule has 1 aromatic rings. The summed E-state index contributed by atoms with van der Waals surface area (Å²) in [5.41, 5.74) is 5.95. The maximum Gasteiger partial charge on any atom is 0.373 e. The van der Waals surface area contributed by atoms with Gasteiger partial charge in [-0.05, 0) is 19.1 Å². The van der Waals surface area contributed by atoms with Gasteiger partial charge in [0.1, 0.15) is 0 Å². The van der Waals surface area contributed by atoms with Crippen molar-refractivity contribution in [3.05, 3.63) is 35.9 Å². The van der Waals surface area contributed by atoms with Crippen LogP contribution in [0.15, 0.2) is 35.3 Å². The third kappa shape index (κ3) is 4.79. The first-order valence-corrected chi connectivity index (χ1v) is 5.78. The van der Waals surface area contributed by atoms with Crippen LogP contribution >= 0.6 is 0 Å². The van der Waals surface area contributed by atoms with Gasteiger partial charge in [0, 0.05) is 11.6 Å². The molecular formula is C13H17N3O3. The summed E-state index contributed by atoms with van der Waals surface area (Å²) in [6, 6.07) is 8.60. The average molecular weight is 263 g/mol. The van der Waals surface area contributed by atoms with Gasteiger partial charge in [-0.15, -0.1) is 0 Å². The van der Waals surface area contributed by atoms with Gasteiger partial charge in [0.25, 0.3) is 5.91 Å². The number of rotatable bonds is 4. The van der Waals surface area contributed by atoms with Gasteiger partial charge in [-0.3, -0.25) is 9.79 Å². The lowest BCUT2D eigenvalue weighted by atomic mass is 10.2. The fourth-order valence-electron chi connectivity index (χ4n) is 1.35. The summed E-state index contributed by atoms with van der Waals surface area (Å²) < 4.78 is 4.41. The number of esters is 1. The largest absolute Gasteiger partial charge is 0.463 e. The monoisotopic (exact) mass is 263 g/mol. The fourth-order valence-corrected chi connectivity index (χ4v) is 1.35. The zero-order valence-corrected chi connectivity index (χ0v) is 10.9. The van der Waals surface area contributed by atoms with Crippen molar-refractivity contribution in [2.75, 3.05) is 13.7 Å². The summed E-state index contributed by atoms with van der Waals surface area (Å²) in [7, 11) is 1.23. The summed E-state index contributed by atoms with van der Waals surface area (Å²) in [6.45, 7) is 1.98. The summed E-state index contributed by atoms with van der Waals surface area (Å²) in [5, 5.41) is 2.75. The molecule has 0 fully saturated rings. The zero-order valence-electron chi connectivity index (χ0n) is 10.9. The van der Waals surface area contributed by atoms with Crippen LogP contribution in [0.25, 0.3) is 0 Å². The minimum atomic E-state index is -0.679. The molecule has 0 aromatic heterocycles. The van der Waals surface area contributed by atoms with Crippen LogP contribution < -0.4 is 11.1 Å². The van der Waals surface area contributed by atoms with E-state index in [0.717, 1.165) is 0 Å². The number of nitrogens with two attached hydrogens (primary N) is 1. The highest BCUT2D eigenvalue weighted by atomic mass is 16.5. The molecular weight excluding hydrogens is 246 g/mol. The van der Waals surface area contributed by atoms with Crippen molar-refractivity contribution >= 4 is 17.7 Å². The average Bonchev–Trinajstić information content (AvgIpc) is 2.44. The minimum Gasteiger partial charge on any atom is -0.463 e. The van der Waals surface area contributed by atoms with Crippen LogP contribution in [0.5, 0.6) is 0 Å². The highest BCUT2D eigenvalue weighted by Gasteiger charge is 2.10. The number of nitrogens with zero attached hydrogens (tertiary/aromatic N) is 1. The maximum atomic E-state index is 11.8. The van der Waals surface area contributed by atoms with E-state index < -0.39 is 5.97 Å². The van der Waals surface area contributed by atoms with Gasteiger partial charge < -0.3 is 15.8 Å². The molecule has 6 nitrogen and oxygen atoms in total. The molecule has 0 aliphatic carbocycles. The third-order valence-electron chi connectivity index (χ3n) is 2.34. The lowest BCUT2D eigenvalue weighted by molar-refractivity contribution is -0.132. The van der Waals surface area contributed by atoms with Crippen molar-refractivity contribution in [3.63, 3.8) is 0 Å². The number of benzene rings is 1. The Hall–Kier alpha value is -2.37. The number of hydrogen-bond donors (Lipinski definition) is 2. The van der Waals surface area contributed by atoms with Crippen LogP contribution in [-0.2, 0) is 9.53 Å². The van der Waals surface area contributed by atoms with Gasteiger partial charge >= 0.3 is 5.97 Å². The Balaban J connectivity index is 2.50. The van der Waals surface area contributed by atoms with E-state index in [2.05, 4.69) is 15.0 Å². The number of methoxy groups -OCH3 is 1. The Kier molecular flexibility index (Phi) is 5.53. The number of carbonyl (C=O) groups is 2. The van der Waals surface area contributed by atoms with Crippen LogP contribution in [-0.4, -0.2) is 37.4 Å². The molecule has 0 saturated carbocycles. The van der Waals surface area contributed by atoms with Crippen LogP contribution in [0, 0.1) is 0 Å². The van der Waals surface area contributed by atoms with Gasteiger partial charge in [-0.2, -0.15) is 0 Å². The Labute approximate surface area is 111 Å². The first-order valence-electron chi connectivity index (χ1n) is 5.78. The number of amidine groups is 1. The van der Waals surface area contributed by atoms with Gasteiger partial charge in [0.15, 0.2) is 0 Å². The Morgan fingerprint density at radius 2 is 2.00 bits per heavy atom. The molecule has 102 valence electrons. The lowest BCUT2D eigenvalue weighted by Crippen LogP contribution is -2.36. The minimum absolute atomic E-state index is 0.195. The molecule has 0 saturated heterocycles. The first kappa shape index (κ1) is 14.7. The predicted octanol–water partition coefficient (Wildman–Crippen LogP) is 0.335. The lowest BCUT2D eigenvalue weighted by Gasteiger charge is -2.11. The molecule has 0 aliphatic heterocycles. The molecule has 1 amide bonds. The van der Waals surface area contributed by atoms with Crippen LogP contribution in [0.1, 0.15) is 17.3 Å². The number of hydrogen-bond acceptors (Lipinski definition) is 4. The summed E-state index contributed by atoms with van der Waals surface area (Å²) in [6.07, 6.45) is 0. The van der Waals surface area contributed by atoms with E-state index in [0.29, 0.717) is 5.56 Å². The van der Waals surface area contributed by atoms with Crippen molar-refractivity contribution in [3.8, 4) is 0 Å². The number of carbonyl (C=O) groups excluding carboxylic acids is 2. The van der Waals surface area contributed by atoms with Gasteiger partial charge in [-0.1, -0.05) is 18.2 Å². The highest BCUT2D eigenvalue weighted by molar-refractivity contribution is 6.34. The Morgan fingerprint density at radius 3 is 2.58 bits per heavy atom. The molecule has 0 bridgehead atoms. The topological polar surface area (TPSA) is 93.8 Å². The standard InChI is InChI=1S/C13H17N3O3/c1-9(8-15-11(14)13(18)19-2)16-12(17)10-6-4-3-5-7-10/h3-7,9H,8H2,1-2H3,(H2,14,15)(H,16,17). The second-order valence-electron chi connectivity index (χ2n) is 3.96. The summed E-state index contributed by atoms with van der Waals surface area (Å²) in [5.74, 6) is -1.08. The van der Waals surface area contributed by atoms with E-state index in [1.54, 1.807) is 31.2 Å². The van der Waals surface area contributed by atoms with Crippen LogP contribution in [0.3, 0.4) is 0 Å². The summed E-state index contributed by atoms with van der Waals surface area (Å²) in [4.78, 5) is 26.7. The fraction of sp³-hybridized carbons (Fsp3) is 0.308. The van der Waals surface area contributed by atoms with Crippen molar-refractivity contribution in [2.24, 2.45) is 10.7 Å². The molecule has 0 aliphatic rings. The van der Waals surface area contributed by atoms with Crippen LogP contribution in [0.4, 0.5) is 0 Å². The number of aliphatic imine (C=N–C) groups is 1. The van der Waals surface area contributed by atoms with E-state index >= 15 is 0 Å². The molecule has 3 N–H and O–H groups in total. The van der Waals surface area contributed by atoms with Crippen molar-refractivity contribution in [2.45, 2.75) is 13.0 Å². The normalized spacial score (nSPS) is 12.6. The van der Waals surface area contributed by atoms with E-state index in [-0.39, 0.29) is 24.3 Å². The zero-order chi connectivity index (χ0) is 14.3. The van der Waals surface area contributed by atoms with Crippen molar-refractivity contribution < 1.29 is 14.3 Å². The van der Waals surface area contributed by atoms with Crippen molar-refractivity contribution in [1.82, 2.24) is 5.32 Å². The maximum absolute atomic E-state index is 11.8. The molecule has 1 aromatic carbocycles. The Bertz CT molecular complexity index is 471.